The fraction of sp³-hybridized carbons (Fsp3) is 1.00. The van der Waals surface area contributed by atoms with E-state index >= 15 is 0 Å². The molecule has 0 spiro atoms. The summed E-state index contributed by atoms with van der Waals surface area (Å²) in [5.41, 5.74) is -1.01. The van der Waals surface area contributed by atoms with Gasteiger partial charge in [0.25, 0.3) is 0 Å². The molecule has 0 heterocycles. The number of ether oxygens (including phenoxy) is 1. The predicted molar refractivity (Wildman–Crippen MR) is 49.5 cm³/mol. The molecule has 0 rings (SSSR count). The fourth-order valence-corrected chi connectivity index (χ4v) is 1.18. The van der Waals surface area contributed by atoms with Crippen molar-refractivity contribution in [2.45, 2.75) is 31.8 Å². The SMILES string of the molecule is CCCC(O)(CO)CCOCCO. The molecule has 1 atom stereocenters. The van der Waals surface area contributed by atoms with Crippen LogP contribution in [0.3, 0.4) is 0 Å². The summed E-state index contributed by atoms with van der Waals surface area (Å²) < 4.78 is 5.01. The summed E-state index contributed by atoms with van der Waals surface area (Å²) in [4.78, 5) is 0. The lowest BCUT2D eigenvalue weighted by atomic mass is 9.96. The number of aliphatic hydroxyl groups is 3. The van der Waals surface area contributed by atoms with E-state index < -0.39 is 5.60 Å². The Balaban J connectivity index is 3.57. The van der Waals surface area contributed by atoms with Crippen molar-refractivity contribution in [3.8, 4) is 0 Å². The van der Waals surface area contributed by atoms with Gasteiger partial charge in [0.05, 0.1) is 25.4 Å². The summed E-state index contributed by atoms with van der Waals surface area (Å²) in [6, 6.07) is 0. The Morgan fingerprint density at radius 3 is 2.31 bits per heavy atom. The quantitative estimate of drug-likeness (QED) is 0.470. The number of hydrogen-bond donors (Lipinski definition) is 3. The summed E-state index contributed by atoms with van der Waals surface area (Å²) in [5, 5.41) is 27.1. The first-order chi connectivity index (χ1) is 6.18. The van der Waals surface area contributed by atoms with E-state index in [0.29, 0.717) is 19.4 Å². The van der Waals surface area contributed by atoms with Crippen molar-refractivity contribution in [3.63, 3.8) is 0 Å². The first kappa shape index (κ1) is 12.8. The molecule has 0 amide bonds. The zero-order valence-corrected chi connectivity index (χ0v) is 8.20. The van der Waals surface area contributed by atoms with E-state index in [2.05, 4.69) is 0 Å². The topological polar surface area (TPSA) is 69.9 Å². The van der Waals surface area contributed by atoms with Crippen LogP contribution >= 0.6 is 0 Å². The Morgan fingerprint density at radius 2 is 1.85 bits per heavy atom. The van der Waals surface area contributed by atoms with Crippen LogP contribution in [0.1, 0.15) is 26.2 Å². The molecule has 1 unspecified atom stereocenters. The van der Waals surface area contributed by atoms with Crippen LogP contribution in [-0.4, -0.2) is 47.3 Å². The van der Waals surface area contributed by atoms with E-state index in [1.54, 1.807) is 0 Å². The normalized spacial score (nSPS) is 15.7. The highest BCUT2D eigenvalue weighted by molar-refractivity contribution is 4.76. The summed E-state index contributed by atoms with van der Waals surface area (Å²) in [7, 11) is 0. The molecule has 0 aromatic rings. The Bertz CT molecular complexity index is 118. The lowest BCUT2D eigenvalue weighted by Gasteiger charge is -2.24. The van der Waals surface area contributed by atoms with Crippen LogP contribution in [0.2, 0.25) is 0 Å². The van der Waals surface area contributed by atoms with Gasteiger partial charge < -0.3 is 20.1 Å². The average molecular weight is 192 g/mol. The second-order valence-electron chi connectivity index (χ2n) is 3.22. The van der Waals surface area contributed by atoms with Gasteiger partial charge in [-0.05, 0) is 6.42 Å². The summed E-state index contributed by atoms with van der Waals surface area (Å²) in [6.45, 7) is 2.37. The van der Waals surface area contributed by atoms with Crippen LogP contribution in [0.5, 0.6) is 0 Å². The van der Waals surface area contributed by atoms with Gasteiger partial charge in [-0.15, -0.1) is 0 Å². The van der Waals surface area contributed by atoms with Crippen molar-refractivity contribution < 1.29 is 20.1 Å². The van der Waals surface area contributed by atoms with E-state index in [9.17, 15) is 5.11 Å². The van der Waals surface area contributed by atoms with Crippen LogP contribution in [0.25, 0.3) is 0 Å². The van der Waals surface area contributed by atoms with Crippen molar-refractivity contribution in [1.82, 2.24) is 0 Å². The van der Waals surface area contributed by atoms with Gasteiger partial charge in [0, 0.05) is 13.0 Å². The first-order valence-corrected chi connectivity index (χ1v) is 4.70. The molecule has 0 aliphatic heterocycles. The largest absolute Gasteiger partial charge is 0.394 e. The maximum atomic E-state index is 9.73. The Hall–Kier alpha value is -0.160. The second kappa shape index (κ2) is 7.26. The Kier molecular flexibility index (Phi) is 7.17. The van der Waals surface area contributed by atoms with E-state index in [4.69, 9.17) is 14.9 Å². The number of aliphatic hydroxyl groups excluding tert-OH is 2. The summed E-state index contributed by atoms with van der Waals surface area (Å²) >= 11 is 0. The minimum absolute atomic E-state index is 0.00860. The fourth-order valence-electron chi connectivity index (χ4n) is 1.18. The van der Waals surface area contributed by atoms with Crippen molar-refractivity contribution in [1.29, 1.82) is 0 Å². The van der Waals surface area contributed by atoms with Gasteiger partial charge in [-0.3, -0.25) is 0 Å². The first-order valence-electron chi connectivity index (χ1n) is 4.70. The highest BCUT2D eigenvalue weighted by Crippen LogP contribution is 2.16. The van der Waals surface area contributed by atoms with Crippen molar-refractivity contribution in [2.75, 3.05) is 26.4 Å². The van der Waals surface area contributed by atoms with E-state index in [1.165, 1.54) is 0 Å². The minimum atomic E-state index is -1.01. The van der Waals surface area contributed by atoms with Crippen molar-refractivity contribution in [3.05, 3.63) is 0 Å². The summed E-state index contributed by atoms with van der Waals surface area (Å²) in [5.74, 6) is 0. The molecule has 0 fully saturated rings. The molecule has 0 saturated heterocycles. The molecule has 0 saturated carbocycles. The third-order valence-electron chi connectivity index (χ3n) is 1.96. The zero-order valence-electron chi connectivity index (χ0n) is 8.20. The standard InChI is InChI=1S/C9H20O4/c1-2-3-9(12,8-11)4-6-13-7-5-10/h10-12H,2-8H2,1H3. The van der Waals surface area contributed by atoms with Gasteiger partial charge in [0.2, 0.25) is 0 Å². The van der Waals surface area contributed by atoms with E-state index in [0.717, 1.165) is 6.42 Å². The molecule has 13 heavy (non-hydrogen) atoms. The Morgan fingerprint density at radius 1 is 1.15 bits per heavy atom. The smallest absolute Gasteiger partial charge is 0.0899 e. The zero-order chi connectivity index (χ0) is 10.2. The van der Waals surface area contributed by atoms with Crippen LogP contribution in [-0.2, 0) is 4.74 Å². The third-order valence-corrected chi connectivity index (χ3v) is 1.96. The molecule has 0 bridgehead atoms. The summed E-state index contributed by atoms with van der Waals surface area (Å²) in [6.07, 6.45) is 1.82. The van der Waals surface area contributed by atoms with E-state index in [-0.39, 0.29) is 19.8 Å². The molecule has 0 aromatic carbocycles. The average Bonchev–Trinajstić information content (AvgIpc) is 2.13. The monoisotopic (exact) mass is 192 g/mol. The van der Waals surface area contributed by atoms with Gasteiger partial charge in [0.15, 0.2) is 0 Å². The molecule has 0 aliphatic carbocycles. The highest BCUT2D eigenvalue weighted by atomic mass is 16.5. The van der Waals surface area contributed by atoms with Crippen molar-refractivity contribution in [2.24, 2.45) is 0 Å². The molecule has 3 N–H and O–H groups in total. The van der Waals surface area contributed by atoms with Gasteiger partial charge >= 0.3 is 0 Å². The molecule has 4 heteroatoms. The van der Waals surface area contributed by atoms with Gasteiger partial charge in [0.1, 0.15) is 0 Å². The van der Waals surface area contributed by atoms with Gasteiger partial charge in [-0.2, -0.15) is 0 Å². The third kappa shape index (κ3) is 5.99. The number of rotatable bonds is 8. The maximum Gasteiger partial charge on any atom is 0.0899 e. The van der Waals surface area contributed by atoms with Gasteiger partial charge in [-0.25, -0.2) is 0 Å². The maximum absolute atomic E-state index is 9.73. The molecule has 4 nitrogen and oxygen atoms in total. The van der Waals surface area contributed by atoms with Crippen LogP contribution in [0, 0.1) is 0 Å². The lowest BCUT2D eigenvalue weighted by Crippen LogP contribution is -2.34. The van der Waals surface area contributed by atoms with Crippen LogP contribution in [0.4, 0.5) is 0 Å². The van der Waals surface area contributed by atoms with Gasteiger partial charge in [-0.1, -0.05) is 13.3 Å². The minimum Gasteiger partial charge on any atom is -0.394 e. The molecular weight excluding hydrogens is 172 g/mol. The molecule has 0 aromatic heterocycles. The Labute approximate surface area is 79.2 Å². The lowest BCUT2D eigenvalue weighted by molar-refractivity contribution is -0.0489. The van der Waals surface area contributed by atoms with E-state index in [1.807, 2.05) is 6.92 Å². The second-order valence-corrected chi connectivity index (χ2v) is 3.22. The molecule has 0 aliphatic rings. The molecular formula is C9H20O4. The van der Waals surface area contributed by atoms with Crippen LogP contribution < -0.4 is 0 Å². The van der Waals surface area contributed by atoms with Crippen LogP contribution in [0.15, 0.2) is 0 Å². The highest BCUT2D eigenvalue weighted by Gasteiger charge is 2.24. The number of hydrogen-bond acceptors (Lipinski definition) is 4. The molecule has 0 radical (unpaired) electrons. The molecule has 80 valence electrons. The van der Waals surface area contributed by atoms with Crippen molar-refractivity contribution >= 4 is 0 Å². The predicted octanol–water partition coefficient (Wildman–Crippen LogP) is -0.0911.